The molecule has 0 unspecified atom stereocenters. The number of anilines is 1. The maximum absolute atomic E-state index is 11.5. The van der Waals surface area contributed by atoms with Crippen LogP contribution in [0.25, 0.3) is 0 Å². The number of rotatable bonds is 3. The molecule has 1 rings (SSSR count). The maximum atomic E-state index is 11.5. The Morgan fingerprint density at radius 1 is 1.44 bits per heavy atom. The summed E-state index contributed by atoms with van der Waals surface area (Å²) in [6.45, 7) is 2.55. The highest BCUT2D eigenvalue weighted by Crippen LogP contribution is 2.17. The van der Waals surface area contributed by atoms with Crippen molar-refractivity contribution in [1.82, 2.24) is 10.2 Å². The molecule has 7 heteroatoms. The molecule has 0 bridgehead atoms. The van der Waals surface area contributed by atoms with Crippen LogP contribution >= 0.6 is 0 Å². The van der Waals surface area contributed by atoms with Crippen LogP contribution < -0.4 is 10.9 Å². The van der Waals surface area contributed by atoms with Gasteiger partial charge in [0.05, 0.1) is 0 Å². The van der Waals surface area contributed by atoms with Gasteiger partial charge in [0.1, 0.15) is 5.41 Å². The molecule has 7 nitrogen and oxygen atoms in total. The van der Waals surface area contributed by atoms with Crippen molar-refractivity contribution in [2.24, 2.45) is 5.41 Å². The summed E-state index contributed by atoms with van der Waals surface area (Å²) in [5.74, 6) is -1.85. The number of aromatic nitrogens is 2. The Balaban J connectivity index is 2.83. The second kappa shape index (κ2) is 4.13. The van der Waals surface area contributed by atoms with Gasteiger partial charge in [-0.05, 0) is 19.9 Å². The lowest BCUT2D eigenvalue weighted by atomic mass is 9.93. The lowest BCUT2D eigenvalue weighted by Crippen LogP contribution is -2.38. The number of carbonyl (C=O) groups excluding carboxylic acids is 1. The molecule has 0 saturated heterocycles. The molecular weight excluding hydrogens is 214 g/mol. The molecule has 1 aromatic rings. The number of amides is 1. The van der Waals surface area contributed by atoms with Gasteiger partial charge in [-0.1, -0.05) is 0 Å². The Morgan fingerprint density at radius 3 is 2.50 bits per heavy atom. The number of nitrogens with zero attached hydrogens (tertiary/aromatic N) is 1. The molecule has 0 aliphatic heterocycles. The van der Waals surface area contributed by atoms with E-state index in [1.54, 1.807) is 0 Å². The van der Waals surface area contributed by atoms with Crippen molar-refractivity contribution < 1.29 is 14.7 Å². The van der Waals surface area contributed by atoms with Crippen LogP contribution in [0.4, 0.5) is 5.82 Å². The van der Waals surface area contributed by atoms with E-state index in [9.17, 15) is 14.4 Å². The molecular formula is C9H11N3O4. The fourth-order valence-corrected chi connectivity index (χ4v) is 0.784. The highest BCUT2D eigenvalue weighted by molar-refractivity contribution is 6.07. The molecule has 0 spiro atoms. The van der Waals surface area contributed by atoms with Crippen molar-refractivity contribution in [2.75, 3.05) is 5.32 Å². The molecule has 16 heavy (non-hydrogen) atoms. The number of aromatic amines is 1. The fourth-order valence-electron chi connectivity index (χ4n) is 0.784. The van der Waals surface area contributed by atoms with Crippen molar-refractivity contribution >= 4 is 17.7 Å². The largest absolute Gasteiger partial charge is 0.480 e. The van der Waals surface area contributed by atoms with Crippen LogP contribution in [0, 0.1) is 5.41 Å². The third-order valence-electron chi connectivity index (χ3n) is 2.02. The number of aliphatic carboxylic acids is 1. The van der Waals surface area contributed by atoms with Crippen molar-refractivity contribution in [3.05, 3.63) is 22.5 Å². The quantitative estimate of drug-likeness (QED) is 0.617. The van der Waals surface area contributed by atoms with Crippen LogP contribution in [-0.4, -0.2) is 27.2 Å². The van der Waals surface area contributed by atoms with Crippen LogP contribution in [0.15, 0.2) is 16.9 Å². The van der Waals surface area contributed by atoms with Crippen LogP contribution in [0.1, 0.15) is 13.8 Å². The summed E-state index contributed by atoms with van der Waals surface area (Å²) < 4.78 is 0. The first-order chi connectivity index (χ1) is 7.34. The van der Waals surface area contributed by atoms with Gasteiger partial charge in [-0.25, -0.2) is 5.10 Å². The molecule has 1 heterocycles. The van der Waals surface area contributed by atoms with E-state index in [0.717, 1.165) is 0 Å². The van der Waals surface area contributed by atoms with Crippen molar-refractivity contribution in [1.29, 1.82) is 0 Å². The van der Waals surface area contributed by atoms with Gasteiger partial charge in [0.2, 0.25) is 5.91 Å². The first-order valence-corrected chi connectivity index (χ1v) is 4.44. The summed E-state index contributed by atoms with van der Waals surface area (Å²) >= 11 is 0. The number of nitrogens with one attached hydrogen (secondary N) is 2. The Morgan fingerprint density at radius 2 is 2.06 bits per heavy atom. The van der Waals surface area contributed by atoms with Crippen molar-refractivity contribution in [3.8, 4) is 0 Å². The first kappa shape index (κ1) is 11.9. The van der Waals surface area contributed by atoms with Gasteiger partial charge < -0.3 is 10.4 Å². The molecule has 86 valence electrons. The Bertz CT molecular complexity index is 457. The van der Waals surface area contributed by atoms with Gasteiger partial charge >= 0.3 is 5.97 Å². The zero-order chi connectivity index (χ0) is 12.3. The molecule has 3 N–H and O–H groups in total. The number of H-pyrrole nitrogens is 1. The van der Waals surface area contributed by atoms with Crippen LogP contribution in [0.3, 0.4) is 0 Å². The van der Waals surface area contributed by atoms with Gasteiger partial charge in [0.15, 0.2) is 5.82 Å². The van der Waals surface area contributed by atoms with Crippen LogP contribution in [-0.2, 0) is 9.59 Å². The molecule has 0 atom stereocenters. The van der Waals surface area contributed by atoms with Gasteiger partial charge in [-0.15, -0.1) is 0 Å². The maximum Gasteiger partial charge on any atom is 0.318 e. The topological polar surface area (TPSA) is 112 Å². The molecule has 0 aromatic carbocycles. The summed E-state index contributed by atoms with van der Waals surface area (Å²) in [4.78, 5) is 33.0. The van der Waals surface area contributed by atoms with Gasteiger partial charge in [0.25, 0.3) is 5.56 Å². The van der Waals surface area contributed by atoms with E-state index < -0.39 is 22.9 Å². The highest BCUT2D eigenvalue weighted by Gasteiger charge is 2.36. The molecule has 0 saturated carbocycles. The Labute approximate surface area is 90.5 Å². The normalized spacial score (nSPS) is 10.9. The first-order valence-electron chi connectivity index (χ1n) is 4.44. The molecule has 0 aliphatic rings. The van der Waals surface area contributed by atoms with E-state index in [0.29, 0.717) is 0 Å². The average molecular weight is 225 g/mol. The average Bonchev–Trinajstić information content (AvgIpc) is 2.21. The monoisotopic (exact) mass is 225 g/mol. The summed E-state index contributed by atoms with van der Waals surface area (Å²) in [6.07, 6.45) is 0. The van der Waals surface area contributed by atoms with Gasteiger partial charge in [-0.3, -0.25) is 14.4 Å². The number of hydrogen-bond acceptors (Lipinski definition) is 4. The highest BCUT2D eigenvalue weighted by atomic mass is 16.4. The predicted octanol–water partition coefficient (Wildman–Crippen LogP) is -0.181. The summed E-state index contributed by atoms with van der Waals surface area (Å²) in [6, 6.07) is 2.46. The van der Waals surface area contributed by atoms with Crippen LogP contribution in [0.5, 0.6) is 0 Å². The summed E-state index contributed by atoms with van der Waals surface area (Å²) in [7, 11) is 0. The third-order valence-corrected chi connectivity index (χ3v) is 2.02. The zero-order valence-corrected chi connectivity index (χ0v) is 8.77. The minimum absolute atomic E-state index is 0.0962. The molecule has 1 amide bonds. The lowest BCUT2D eigenvalue weighted by Gasteiger charge is -2.17. The number of hydrogen-bond donors (Lipinski definition) is 3. The lowest BCUT2D eigenvalue weighted by molar-refractivity contribution is -0.151. The van der Waals surface area contributed by atoms with E-state index in [1.807, 2.05) is 0 Å². The van der Waals surface area contributed by atoms with E-state index in [2.05, 4.69) is 15.5 Å². The zero-order valence-electron chi connectivity index (χ0n) is 8.77. The SMILES string of the molecule is CC(C)(C(=O)O)C(=O)Nc1ccc(=O)[nH]n1. The van der Waals surface area contributed by atoms with E-state index in [-0.39, 0.29) is 5.82 Å². The van der Waals surface area contributed by atoms with Gasteiger partial charge in [-0.2, -0.15) is 5.10 Å². The number of carboxylic acids is 1. The fraction of sp³-hybridized carbons (Fsp3) is 0.333. The van der Waals surface area contributed by atoms with Gasteiger partial charge in [0, 0.05) is 6.07 Å². The molecule has 1 aromatic heterocycles. The molecule has 0 aliphatic carbocycles. The number of carbonyl (C=O) groups is 2. The minimum Gasteiger partial charge on any atom is -0.480 e. The van der Waals surface area contributed by atoms with Crippen molar-refractivity contribution in [2.45, 2.75) is 13.8 Å². The molecule has 0 radical (unpaired) electrons. The Hall–Kier alpha value is -2.18. The minimum atomic E-state index is -1.56. The van der Waals surface area contributed by atoms with Crippen LogP contribution in [0.2, 0.25) is 0 Å². The second-order valence-electron chi connectivity index (χ2n) is 3.69. The second-order valence-corrected chi connectivity index (χ2v) is 3.69. The van der Waals surface area contributed by atoms with E-state index >= 15 is 0 Å². The smallest absolute Gasteiger partial charge is 0.318 e. The number of carboxylic acid groups (broad SMARTS) is 1. The predicted molar refractivity (Wildman–Crippen MR) is 54.9 cm³/mol. The summed E-state index contributed by atoms with van der Waals surface area (Å²) in [5, 5.41) is 16.7. The van der Waals surface area contributed by atoms with E-state index in [4.69, 9.17) is 5.11 Å². The standard InChI is InChI=1S/C9H11N3O4/c1-9(2,8(15)16)7(14)10-5-3-4-6(13)12-11-5/h3-4H,1-2H3,(H,12,13)(H,15,16)(H,10,11,14). The summed E-state index contributed by atoms with van der Waals surface area (Å²) in [5.41, 5.74) is -1.96. The molecule has 0 fully saturated rings. The third kappa shape index (κ3) is 2.44. The van der Waals surface area contributed by atoms with Crippen molar-refractivity contribution in [3.63, 3.8) is 0 Å². The Kier molecular flexibility index (Phi) is 3.07. The van der Waals surface area contributed by atoms with E-state index in [1.165, 1.54) is 26.0 Å².